The normalized spacial score (nSPS) is 27.6. The van der Waals surface area contributed by atoms with Crippen molar-refractivity contribution in [1.29, 1.82) is 0 Å². The maximum Gasteiger partial charge on any atom is 0.410 e. The van der Waals surface area contributed by atoms with Crippen molar-refractivity contribution in [3.63, 3.8) is 0 Å². The van der Waals surface area contributed by atoms with E-state index in [1.807, 2.05) is 25.7 Å². The lowest BCUT2D eigenvalue weighted by molar-refractivity contribution is -0.0162. The van der Waals surface area contributed by atoms with Crippen LogP contribution in [0.25, 0.3) is 0 Å². The number of hydrogen-bond acceptors (Lipinski definition) is 2. The second-order valence-corrected chi connectivity index (χ2v) is 8.13. The Morgan fingerprint density at radius 1 is 1.30 bits per heavy atom. The first kappa shape index (κ1) is 15.2. The third-order valence-corrected chi connectivity index (χ3v) is 4.41. The van der Waals surface area contributed by atoms with Crippen molar-refractivity contribution >= 4 is 6.09 Å². The van der Waals surface area contributed by atoms with Crippen molar-refractivity contribution in [2.45, 2.75) is 71.9 Å². The summed E-state index contributed by atoms with van der Waals surface area (Å²) >= 11 is 0. The largest absolute Gasteiger partial charge is 0.444 e. The van der Waals surface area contributed by atoms with Gasteiger partial charge < -0.3 is 9.64 Å². The Balaban J connectivity index is 2.19. The molecular weight excluding hydrogens is 250 g/mol. The molecule has 2 rings (SSSR count). The Hall–Kier alpha value is -1.17. The van der Waals surface area contributed by atoms with Gasteiger partial charge in [-0.2, -0.15) is 0 Å². The Labute approximate surface area is 123 Å². The zero-order valence-electron chi connectivity index (χ0n) is 13.5. The van der Waals surface area contributed by atoms with Gasteiger partial charge in [0.05, 0.1) is 11.5 Å². The van der Waals surface area contributed by atoms with Crippen LogP contribution in [-0.2, 0) is 4.74 Å². The Bertz CT molecular complexity index is 435. The summed E-state index contributed by atoms with van der Waals surface area (Å²) in [6, 6.07) is 0.148. The van der Waals surface area contributed by atoms with Crippen LogP contribution in [0, 0.1) is 23.2 Å². The third-order valence-electron chi connectivity index (χ3n) is 4.41. The number of ether oxygens (including phenoxy) is 1. The average molecular weight is 277 g/mol. The summed E-state index contributed by atoms with van der Waals surface area (Å²) in [6.07, 6.45) is 9.68. The fourth-order valence-corrected chi connectivity index (χ4v) is 3.13. The van der Waals surface area contributed by atoms with Gasteiger partial charge in [0.25, 0.3) is 0 Å². The van der Waals surface area contributed by atoms with E-state index in [4.69, 9.17) is 11.2 Å². The van der Waals surface area contributed by atoms with Gasteiger partial charge in [-0.25, -0.2) is 4.79 Å². The van der Waals surface area contributed by atoms with E-state index in [1.54, 1.807) is 0 Å². The van der Waals surface area contributed by atoms with Crippen molar-refractivity contribution in [1.82, 2.24) is 4.90 Å². The van der Waals surface area contributed by atoms with E-state index in [1.165, 1.54) is 0 Å². The highest BCUT2D eigenvalue weighted by atomic mass is 16.6. The fraction of sp³-hybridized carbons (Fsp3) is 0.824. The molecule has 0 N–H and O–H groups in total. The number of rotatable bonds is 1. The molecule has 2 fully saturated rings. The number of likely N-dealkylation sites (tertiary alicyclic amines) is 1. The predicted molar refractivity (Wildman–Crippen MR) is 80.2 cm³/mol. The molecule has 1 saturated carbocycles. The molecule has 1 heterocycles. The molecule has 0 aromatic heterocycles. The fourth-order valence-electron chi connectivity index (χ4n) is 3.13. The van der Waals surface area contributed by atoms with E-state index in [9.17, 15) is 4.79 Å². The molecule has 0 aromatic carbocycles. The smallest absolute Gasteiger partial charge is 0.410 e. The highest BCUT2D eigenvalue weighted by Crippen LogP contribution is 2.54. The molecule has 3 nitrogen and oxygen atoms in total. The molecule has 1 saturated heterocycles. The lowest BCUT2D eigenvalue weighted by Gasteiger charge is -2.46. The SMILES string of the molecule is C#CC1(C2CCC(C)(C)CN2C(=O)OC(C)(C)C)CC1. The quantitative estimate of drug-likeness (QED) is 0.682. The molecule has 0 aromatic rings. The molecule has 1 aliphatic carbocycles. The van der Waals surface area contributed by atoms with Crippen LogP contribution in [0.15, 0.2) is 0 Å². The summed E-state index contributed by atoms with van der Waals surface area (Å²) in [5.41, 5.74) is -0.415. The predicted octanol–water partition coefficient (Wildman–Crippen LogP) is 3.83. The van der Waals surface area contributed by atoms with Crippen LogP contribution in [0.4, 0.5) is 4.79 Å². The second-order valence-electron chi connectivity index (χ2n) is 8.13. The molecule has 1 aliphatic heterocycles. The van der Waals surface area contributed by atoms with Crippen molar-refractivity contribution in [2.75, 3.05) is 6.54 Å². The monoisotopic (exact) mass is 277 g/mol. The Morgan fingerprint density at radius 3 is 2.35 bits per heavy atom. The zero-order valence-corrected chi connectivity index (χ0v) is 13.5. The minimum atomic E-state index is -0.462. The number of carbonyl (C=O) groups excluding carboxylic acids is 1. The Kier molecular flexibility index (Phi) is 3.57. The lowest BCUT2D eigenvalue weighted by Crippen LogP contribution is -2.54. The van der Waals surface area contributed by atoms with Crippen LogP contribution in [0.1, 0.15) is 60.3 Å². The van der Waals surface area contributed by atoms with E-state index in [2.05, 4.69) is 19.8 Å². The van der Waals surface area contributed by atoms with Crippen LogP contribution >= 0.6 is 0 Å². The molecule has 112 valence electrons. The molecule has 1 amide bonds. The van der Waals surface area contributed by atoms with Gasteiger partial charge in [-0.3, -0.25) is 0 Å². The highest BCUT2D eigenvalue weighted by Gasteiger charge is 2.54. The molecule has 1 atom stereocenters. The van der Waals surface area contributed by atoms with Crippen molar-refractivity contribution in [3.8, 4) is 12.3 Å². The lowest BCUT2D eigenvalue weighted by atomic mass is 9.77. The van der Waals surface area contributed by atoms with E-state index in [-0.39, 0.29) is 23.0 Å². The molecule has 0 spiro atoms. The maximum atomic E-state index is 12.5. The van der Waals surface area contributed by atoms with Gasteiger partial charge in [-0.05, 0) is 51.9 Å². The van der Waals surface area contributed by atoms with Gasteiger partial charge in [0, 0.05) is 6.54 Å². The minimum Gasteiger partial charge on any atom is -0.444 e. The molecule has 3 heteroatoms. The summed E-state index contributed by atoms with van der Waals surface area (Å²) in [5, 5.41) is 0. The van der Waals surface area contributed by atoms with E-state index in [0.717, 1.165) is 32.2 Å². The Morgan fingerprint density at radius 2 is 1.90 bits per heavy atom. The van der Waals surface area contributed by atoms with Gasteiger partial charge in [-0.1, -0.05) is 19.8 Å². The summed E-state index contributed by atoms with van der Waals surface area (Å²) in [4.78, 5) is 14.4. The van der Waals surface area contributed by atoms with Crippen molar-refractivity contribution in [2.24, 2.45) is 10.8 Å². The van der Waals surface area contributed by atoms with Crippen LogP contribution < -0.4 is 0 Å². The summed E-state index contributed by atoms with van der Waals surface area (Å²) in [6.45, 7) is 10.9. The number of amides is 1. The van der Waals surface area contributed by atoms with Gasteiger partial charge in [-0.15, -0.1) is 6.42 Å². The first-order valence-electron chi connectivity index (χ1n) is 7.56. The number of nitrogens with zero attached hydrogens (tertiary/aromatic N) is 1. The second kappa shape index (κ2) is 4.69. The first-order chi connectivity index (χ1) is 9.09. The topological polar surface area (TPSA) is 29.5 Å². The molecule has 0 radical (unpaired) electrons. The number of hydrogen-bond donors (Lipinski definition) is 0. The van der Waals surface area contributed by atoms with Gasteiger partial charge >= 0.3 is 6.09 Å². The first-order valence-corrected chi connectivity index (χ1v) is 7.56. The van der Waals surface area contributed by atoms with Gasteiger partial charge in [0.2, 0.25) is 0 Å². The molecule has 20 heavy (non-hydrogen) atoms. The van der Waals surface area contributed by atoms with Crippen LogP contribution in [0.3, 0.4) is 0 Å². The summed E-state index contributed by atoms with van der Waals surface area (Å²) in [7, 11) is 0. The zero-order chi connectivity index (χ0) is 15.2. The number of carbonyl (C=O) groups is 1. The third kappa shape index (κ3) is 3.11. The average Bonchev–Trinajstić information content (AvgIpc) is 3.06. The standard InChI is InChI=1S/C17H27NO2/c1-7-17(10-11-17)13-8-9-16(5,6)12-18(13)14(19)20-15(2,3)4/h1,13H,8-12H2,2-6H3. The van der Waals surface area contributed by atoms with Gasteiger partial charge in [0.15, 0.2) is 0 Å². The molecule has 2 aliphatic rings. The van der Waals surface area contributed by atoms with Crippen LogP contribution in [0.2, 0.25) is 0 Å². The molecular formula is C17H27NO2. The highest BCUT2D eigenvalue weighted by molar-refractivity contribution is 5.69. The maximum absolute atomic E-state index is 12.5. The molecule has 0 bridgehead atoms. The molecule has 1 unspecified atom stereocenters. The summed E-state index contributed by atoms with van der Waals surface area (Å²) in [5.74, 6) is 2.95. The van der Waals surface area contributed by atoms with E-state index in [0.29, 0.717) is 0 Å². The minimum absolute atomic E-state index is 0.0899. The van der Waals surface area contributed by atoms with E-state index >= 15 is 0 Å². The van der Waals surface area contributed by atoms with Crippen molar-refractivity contribution < 1.29 is 9.53 Å². The number of piperidine rings is 1. The van der Waals surface area contributed by atoms with Crippen molar-refractivity contribution in [3.05, 3.63) is 0 Å². The van der Waals surface area contributed by atoms with E-state index < -0.39 is 5.60 Å². The number of terminal acetylenes is 1. The summed E-state index contributed by atoms with van der Waals surface area (Å²) < 4.78 is 5.59. The van der Waals surface area contributed by atoms with Crippen LogP contribution in [0.5, 0.6) is 0 Å². The van der Waals surface area contributed by atoms with Gasteiger partial charge in [0.1, 0.15) is 5.60 Å². The van der Waals surface area contributed by atoms with Crippen LogP contribution in [-0.4, -0.2) is 29.2 Å².